The van der Waals surface area contributed by atoms with E-state index in [0.717, 1.165) is 50.7 Å². The van der Waals surface area contributed by atoms with Gasteiger partial charge >= 0.3 is 5.97 Å². The van der Waals surface area contributed by atoms with Gasteiger partial charge in [-0.3, -0.25) is 4.79 Å². The summed E-state index contributed by atoms with van der Waals surface area (Å²) in [5.41, 5.74) is 1.64. The van der Waals surface area contributed by atoms with Crippen LogP contribution in [0.3, 0.4) is 0 Å². The minimum absolute atomic E-state index is 0.0991. The van der Waals surface area contributed by atoms with E-state index in [-0.39, 0.29) is 17.4 Å². The zero-order valence-corrected chi connectivity index (χ0v) is 22.3. The lowest BCUT2D eigenvalue weighted by atomic mass is 9.46. The van der Waals surface area contributed by atoms with Gasteiger partial charge in [0.05, 0.1) is 5.71 Å². The van der Waals surface area contributed by atoms with Crippen molar-refractivity contribution >= 4 is 17.6 Å². The highest BCUT2D eigenvalue weighted by atomic mass is 16.6. The zero-order valence-electron chi connectivity index (χ0n) is 22.3. The number of rotatable bonds is 6. The number of carbonyl (C=O) groups is 2. The molecule has 1 amide bonds. The van der Waals surface area contributed by atoms with Gasteiger partial charge < -0.3 is 20.4 Å². The highest BCUT2D eigenvalue weighted by Crippen LogP contribution is 2.67. The van der Waals surface area contributed by atoms with Crippen molar-refractivity contribution in [1.29, 1.82) is 0 Å². The summed E-state index contributed by atoms with van der Waals surface area (Å²) in [6.07, 6.45) is 15.5. The van der Waals surface area contributed by atoms with Crippen LogP contribution in [0.15, 0.2) is 47.1 Å². The Balaban J connectivity index is 1.22. The number of oxime groups is 1. The van der Waals surface area contributed by atoms with Crippen LogP contribution >= 0.6 is 0 Å². The molecule has 5 rings (SSSR count). The molecule has 4 aliphatic carbocycles. The fraction of sp³-hybridized carbons (Fsp3) is 0.581. The maximum absolute atomic E-state index is 12.4. The number of benzene rings is 1. The highest BCUT2D eigenvalue weighted by molar-refractivity contribution is 5.96. The first-order chi connectivity index (χ1) is 18.1. The van der Waals surface area contributed by atoms with Gasteiger partial charge in [-0.1, -0.05) is 60.8 Å². The number of carboxylic acid groups (broad SMARTS) is 1. The van der Waals surface area contributed by atoms with Gasteiger partial charge in [-0.25, -0.2) is 4.79 Å². The largest absolute Gasteiger partial charge is 0.479 e. The van der Waals surface area contributed by atoms with Crippen LogP contribution in [0.25, 0.3) is 0 Å². The minimum atomic E-state index is -1.14. The first kappa shape index (κ1) is 26.5. The van der Waals surface area contributed by atoms with Crippen LogP contribution in [0.1, 0.15) is 76.8 Å². The molecule has 3 saturated carbocycles. The lowest BCUT2D eigenvalue weighted by Crippen LogP contribution is -2.54. The Morgan fingerprint density at radius 2 is 1.87 bits per heavy atom. The molecule has 4 aliphatic rings. The lowest BCUT2D eigenvalue weighted by molar-refractivity contribution is -0.142. The van der Waals surface area contributed by atoms with Gasteiger partial charge in [-0.2, -0.15) is 0 Å². The van der Waals surface area contributed by atoms with Crippen molar-refractivity contribution in [2.24, 2.45) is 33.7 Å². The van der Waals surface area contributed by atoms with E-state index in [1.54, 1.807) is 30.3 Å². The number of nitrogens with zero attached hydrogens (tertiary/aromatic N) is 1. The van der Waals surface area contributed by atoms with E-state index >= 15 is 0 Å². The Labute approximate surface area is 224 Å². The summed E-state index contributed by atoms with van der Waals surface area (Å²) in [6, 6.07) is 7.44. The first-order valence-electron chi connectivity index (χ1n) is 13.8. The molecule has 3 N–H and O–H groups in total. The number of allylic oxidation sites excluding steroid dienone is 2. The summed E-state index contributed by atoms with van der Waals surface area (Å²) in [5.74, 6) is 2.69. The van der Waals surface area contributed by atoms with Crippen molar-refractivity contribution in [3.05, 3.63) is 47.5 Å². The second-order valence-corrected chi connectivity index (χ2v) is 12.1. The van der Waals surface area contributed by atoms with Crippen LogP contribution in [-0.4, -0.2) is 40.0 Å². The molecule has 7 atom stereocenters. The lowest BCUT2D eigenvalue weighted by Gasteiger charge is -2.58. The molecule has 3 fully saturated rings. The molecule has 202 valence electrons. The van der Waals surface area contributed by atoms with E-state index in [1.165, 1.54) is 5.57 Å². The van der Waals surface area contributed by atoms with Crippen molar-refractivity contribution < 1.29 is 24.6 Å². The smallest absolute Gasteiger partial charge is 0.330 e. The molecule has 1 aromatic rings. The Bertz CT molecular complexity index is 1200. The van der Waals surface area contributed by atoms with Crippen LogP contribution in [0.5, 0.6) is 0 Å². The molecule has 7 heteroatoms. The van der Waals surface area contributed by atoms with Gasteiger partial charge in [0.1, 0.15) is 5.60 Å². The highest BCUT2D eigenvalue weighted by Gasteiger charge is 2.63. The van der Waals surface area contributed by atoms with Crippen LogP contribution in [0, 0.1) is 40.9 Å². The number of terminal acetylenes is 1. The molecule has 38 heavy (non-hydrogen) atoms. The molecule has 7 nitrogen and oxygen atoms in total. The van der Waals surface area contributed by atoms with Gasteiger partial charge in [-0.05, 0) is 86.2 Å². The molecule has 0 radical (unpaired) electrons. The second kappa shape index (κ2) is 9.89. The predicted molar refractivity (Wildman–Crippen MR) is 144 cm³/mol. The molecule has 0 unspecified atom stereocenters. The van der Waals surface area contributed by atoms with E-state index in [0.29, 0.717) is 29.7 Å². The summed E-state index contributed by atoms with van der Waals surface area (Å²) in [4.78, 5) is 29.4. The Morgan fingerprint density at radius 3 is 2.58 bits per heavy atom. The molecule has 0 saturated heterocycles. The van der Waals surface area contributed by atoms with Gasteiger partial charge in [0, 0.05) is 5.41 Å². The number of carbonyl (C=O) groups excluding carboxylic acids is 1. The van der Waals surface area contributed by atoms with Crippen LogP contribution in [0.4, 0.5) is 0 Å². The van der Waals surface area contributed by atoms with Gasteiger partial charge in [0.2, 0.25) is 0 Å². The van der Waals surface area contributed by atoms with Crippen LogP contribution in [0.2, 0.25) is 0 Å². The van der Waals surface area contributed by atoms with E-state index < -0.39 is 23.5 Å². The molecule has 0 aromatic heterocycles. The minimum Gasteiger partial charge on any atom is -0.479 e. The third-order valence-corrected chi connectivity index (χ3v) is 10.4. The average Bonchev–Trinajstić information content (AvgIpc) is 3.18. The Hall–Kier alpha value is -3.11. The molecule has 1 aromatic carbocycles. The van der Waals surface area contributed by atoms with E-state index in [4.69, 9.17) is 11.3 Å². The number of aliphatic carboxylic acids is 1. The molecule has 0 heterocycles. The summed E-state index contributed by atoms with van der Waals surface area (Å²) in [5, 5.41) is 27.5. The first-order valence-corrected chi connectivity index (χ1v) is 13.8. The standard InChI is InChI=1S/C31H38N2O5/c1-4-31(37)17-14-25-23-11-10-21-18-22(12-15-29(21,2)24(23)13-16-30(25,31)3)33-38-19-26(34)32-27(28(35)36)20-8-6-5-7-9-20/h1,5-9,18,23-25,27,37H,10-17,19H2,2-3H3,(H,32,34)(H,35,36)/b33-22+/t23-,24-,25-,27-,29+,30+,31-/m1/s1. The van der Waals surface area contributed by atoms with E-state index in [2.05, 4.69) is 36.3 Å². The number of hydrogen-bond donors (Lipinski definition) is 3. The Kier molecular flexibility index (Phi) is 6.89. The summed E-state index contributed by atoms with van der Waals surface area (Å²) >= 11 is 0. The van der Waals surface area contributed by atoms with Crippen molar-refractivity contribution in [2.75, 3.05) is 6.61 Å². The summed E-state index contributed by atoms with van der Waals surface area (Å²) < 4.78 is 0. The third kappa shape index (κ3) is 4.33. The fourth-order valence-corrected chi connectivity index (χ4v) is 8.21. The zero-order chi connectivity index (χ0) is 27.1. The van der Waals surface area contributed by atoms with E-state index in [1.807, 2.05) is 0 Å². The molecular formula is C31H38N2O5. The van der Waals surface area contributed by atoms with Crippen molar-refractivity contribution in [2.45, 2.75) is 76.9 Å². The number of hydrogen-bond acceptors (Lipinski definition) is 5. The topological polar surface area (TPSA) is 108 Å². The number of amides is 1. The molecular weight excluding hydrogens is 480 g/mol. The van der Waals surface area contributed by atoms with E-state index in [9.17, 15) is 19.8 Å². The molecule has 0 spiro atoms. The summed E-state index contributed by atoms with van der Waals surface area (Å²) in [7, 11) is 0. The van der Waals surface area contributed by atoms with Crippen molar-refractivity contribution in [3.63, 3.8) is 0 Å². The quantitative estimate of drug-likeness (QED) is 0.376. The number of nitrogens with one attached hydrogen (secondary N) is 1. The maximum Gasteiger partial charge on any atom is 0.330 e. The number of fused-ring (bicyclic) bond motifs is 5. The van der Waals surface area contributed by atoms with Gasteiger partial charge in [0.25, 0.3) is 5.91 Å². The normalized spacial score (nSPS) is 37.6. The third-order valence-electron chi connectivity index (χ3n) is 10.4. The molecule has 0 aliphatic heterocycles. The SMILES string of the molecule is C#C[C@@]1(O)CC[C@@H]2[C@@H]3CCC4=C/C(=N/OCC(=O)N[C@@H](C(=O)O)c5ccccc5)CC[C@]4(C)[C@@H]3CC[C@@]21C. The van der Waals surface area contributed by atoms with Crippen LogP contribution in [-0.2, 0) is 14.4 Å². The van der Waals surface area contributed by atoms with Crippen molar-refractivity contribution in [3.8, 4) is 12.3 Å². The van der Waals surface area contributed by atoms with Gasteiger partial charge in [-0.15, -0.1) is 6.42 Å². The Morgan fingerprint density at radius 1 is 1.13 bits per heavy atom. The average molecular weight is 519 g/mol. The molecule has 0 bridgehead atoms. The second-order valence-electron chi connectivity index (χ2n) is 12.1. The van der Waals surface area contributed by atoms with Crippen LogP contribution < -0.4 is 5.32 Å². The summed E-state index contributed by atoms with van der Waals surface area (Å²) in [6.45, 7) is 4.26. The monoisotopic (exact) mass is 518 g/mol. The predicted octanol–water partition coefficient (Wildman–Crippen LogP) is 4.63. The number of aliphatic hydroxyl groups is 1. The fourth-order valence-electron chi connectivity index (χ4n) is 8.21. The number of carboxylic acids is 1. The van der Waals surface area contributed by atoms with Gasteiger partial charge in [0.15, 0.2) is 12.6 Å². The van der Waals surface area contributed by atoms with Crippen molar-refractivity contribution in [1.82, 2.24) is 5.32 Å². The maximum atomic E-state index is 12.4.